The summed E-state index contributed by atoms with van der Waals surface area (Å²) in [5.41, 5.74) is 1.67. The molecule has 1 heterocycles. The summed E-state index contributed by atoms with van der Waals surface area (Å²) in [6, 6.07) is 9.58. The number of nitriles is 1. The van der Waals surface area contributed by atoms with E-state index in [1.807, 2.05) is 38.1 Å². The number of carbonyl (C=O) groups excluding carboxylic acids is 1. The summed E-state index contributed by atoms with van der Waals surface area (Å²) in [6.07, 6.45) is 1.10. The fourth-order valence-electron chi connectivity index (χ4n) is 3.37. The predicted octanol–water partition coefficient (Wildman–Crippen LogP) is 4.12. The van der Waals surface area contributed by atoms with Crippen molar-refractivity contribution >= 4 is 18.4 Å². The van der Waals surface area contributed by atoms with Gasteiger partial charge in [0, 0.05) is 18.4 Å². The number of hydrogen-bond donors (Lipinski definition) is 1. The molecule has 24 heavy (non-hydrogen) atoms. The lowest BCUT2D eigenvalue weighted by Gasteiger charge is -2.37. The van der Waals surface area contributed by atoms with Gasteiger partial charge < -0.3 is 9.47 Å². The second-order valence-corrected chi connectivity index (χ2v) is 7.32. The second-order valence-electron chi connectivity index (χ2n) is 6.92. The number of ketones is 1. The van der Waals surface area contributed by atoms with Crippen LogP contribution < -0.4 is 4.74 Å². The lowest BCUT2D eigenvalue weighted by Crippen LogP contribution is -2.31. The van der Waals surface area contributed by atoms with E-state index in [9.17, 15) is 10.1 Å². The number of hydrogen-bond acceptors (Lipinski definition) is 5. The first-order chi connectivity index (χ1) is 11.4. The second kappa shape index (κ2) is 6.03. The van der Waals surface area contributed by atoms with Crippen molar-refractivity contribution in [3.05, 3.63) is 51.8 Å². The highest BCUT2D eigenvalue weighted by molar-refractivity contribution is 7.84. The fraction of sp³-hybridized carbons (Fsp3) is 0.368. The molecule has 0 amide bonds. The molecular weight excluding hydrogens is 322 g/mol. The van der Waals surface area contributed by atoms with Crippen molar-refractivity contribution in [3.8, 4) is 11.8 Å². The summed E-state index contributed by atoms with van der Waals surface area (Å²) in [7, 11) is 1.60. The maximum atomic E-state index is 12.8. The lowest BCUT2D eigenvalue weighted by molar-refractivity contribution is -0.119. The predicted molar refractivity (Wildman–Crippen MR) is 93.5 cm³/mol. The smallest absolute Gasteiger partial charge is 0.171 e. The van der Waals surface area contributed by atoms with Crippen LogP contribution in [0.15, 0.2) is 46.3 Å². The van der Waals surface area contributed by atoms with Gasteiger partial charge >= 0.3 is 0 Å². The number of allylic oxidation sites excluding steroid dienone is 3. The Labute approximate surface area is 147 Å². The van der Waals surface area contributed by atoms with Gasteiger partial charge in [-0.25, -0.2) is 0 Å². The minimum absolute atomic E-state index is 0.0376. The minimum Gasteiger partial charge on any atom is -0.497 e. The minimum atomic E-state index is -0.430. The van der Waals surface area contributed by atoms with Gasteiger partial charge in [-0.1, -0.05) is 26.0 Å². The van der Waals surface area contributed by atoms with Gasteiger partial charge in [-0.2, -0.15) is 5.26 Å². The Morgan fingerprint density at radius 3 is 2.54 bits per heavy atom. The number of carbonyl (C=O) groups is 1. The van der Waals surface area contributed by atoms with Gasteiger partial charge in [0.05, 0.1) is 18.6 Å². The molecule has 0 unspecified atom stereocenters. The lowest BCUT2D eigenvalue weighted by atomic mass is 9.70. The first-order valence-corrected chi connectivity index (χ1v) is 8.22. The molecule has 4 nitrogen and oxygen atoms in total. The molecule has 1 aromatic rings. The highest BCUT2D eigenvalue weighted by atomic mass is 32.1. The summed E-state index contributed by atoms with van der Waals surface area (Å²) in [4.78, 5) is 12.8. The summed E-state index contributed by atoms with van der Waals surface area (Å²) < 4.78 is 10.9. The molecule has 0 saturated carbocycles. The van der Waals surface area contributed by atoms with Crippen LogP contribution in [0.5, 0.6) is 5.75 Å². The third-order valence-corrected chi connectivity index (χ3v) is 4.81. The van der Waals surface area contributed by atoms with Crippen molar-refractivity contribution in [3.63, 3.8) is 0 Å². The Balaban J connectivity index is 2.14. The molecule has 0 N–H and O–H groups in total. The Bertz CT molecular complexity index is 797. The molecule has 0 bridgehead atoms. The van der Waals surface area contributed by atoms with Gasteiger partial charge in [-0.15, -0.1) is 12.6 Å². The third-order valence-electron chi connectivity index (χ3n) is 4.48. The first kappa shape index (κ1) is 16.7. The van der Waals surface area contributed by atoms with Crippen molar-refractivity contribution in [2.45, 2.75) is 32.6 Å². The fourth-order valence-corrected chi connectivity index (χ4v) is 3.66. The molecule has 0 spiro atoms. The van der Waals surface area contributed by atoms with Gasteiger partial charge in [0.2, 0.25) is 0 Å². The SMILES string of the molecule is COc1ccc([C@@H]2C(C#N)=C(S)OC3=C2C(=O)CC(C)(C)C3)cc1. The summed E-state index contributed by atoms with van der Waals surface area (Å²) >= 11 is 4.35. The van der Waals surface area contributed by atoms with Crippen molar-refractivity contribution in [2.75, 3.05) is 7.11 Å². The molecule has 1 atom stereocenters. The third kappa shape index (κ3) is 2.83. The normalized spacial score (nSPS) is 22.6. The van der Waals surface area contributed by atoms with Crippen molar-refractivity contribution < 1.29 is 14.3 Å². The molecule has 3 rings (SSSR count). The standard InChI is InChI=1S/C19H19NO3S/c1-19(2)8-14(21)17-15(9-19)23-18(24)13(10-20)16(17)11-4-6-12(22-3)7-5-11/h4-7,16,24H,8-9H2,1-3H3/t16-/m1/s1. The van der Waals surface area contributed by atoms with Crippen LogP contribution in [0.25, 0.3) is 0 Å². The molecule has 0 aromatic heterocycles. The van der Waals surface area contributed by atoms with Gasteiger partial charge in [0.15, 0.2) is 10.9 Å². The molecule has 2 aliphatic rings. The Hall–Kier alpha value is -2.19. The highest BCUT2D eigenvalue weighted by Crippen LogP contribution is 2.49. The van der Waals surface area contributed by atoms with Crippen LogP contribution in [0.2, 0.25) is 0 Å². The molecule has 0 saturated heterocycles. The molecule has 5 heteroatoms. The molecule has 124 valence electrons. The van der Waals surface area contributed by atoms with E-state index >= 15 is 0 Å². The first-order valence-electron chi connectivity index (χ1n) is 7.77. The topological polar surface area (TPSA) is 59.3 Å². The van der Waals surface area contributed by atoms with Crippen LogP contribution in [0.1, 0.15) is 38.2 Å². The molecular formula is C19H19NO3S. The number of Topliss-reactive ketones (excluding diaryl/α,β-unsaturated/α-hetero) is 1. The quantitative estimate of drug-likeness (QED) is 0.822. The van der Waals surface area contributed by atoms with Gasteiger partial charge in [-0.05, 0) is 23.1 Å². The average Bonchev–Trinajstić information content (AvgIpc) is 2.52. The van der Waals surface area contributed by atoms with Crippen LogP contribution in [0, 0.1) is 16.7 Å². The van der Waals surface area contributed by atoms with Gasteiger partial charge in [0.25, 0.3) is 0 Å². The summed E-state index contributed by atoms with van der Waals surface area (Å²) in [5, 5.41) is 9.86. The van der Waals surface area contributed by atoms with E-state index in [4.69, 9.17) is 9.47 Å². The average molecular weight is 341 g/mol. The van der Waals surface area contributed by atoms with Gasteiger partial charge in [-0.3, -0.25) is 4.79 Å². The maximum absolute atomic E-state index is 12.8. The number of benzene rings is 1. The number of thiol groups is 1. The highest BCUT2D eigenvalue weighted by Gasteiger charge is 2.42. The Kier molecular flexibility index (Phi) is 4.18. The van der Waals surface area contributed by atoms with Crippen LogP contribution in [0.3, 0.4) is 0 Å². The zero-order valence-corrected chi connectivity index (χ0v) is 14.8. The van der Waals surface area contributed by atoms with E-state index < -0.39 is 5.92 Å². The van der Waals surface area contributed by atoms with E-state index in [2.05, 4.69) is 18.7 Å². The zero-order chi connectivity index (χ0) is 17.5. The van der Waals surface area contributed by atoms with Crippen LogP contribution >= 0.6 is 12.6 Å². The van der Waals surface area contributed by atoms with E-state index in [0.29, 0.717) is 29.7 Å². The molecule has 1 aromatic carbocycles. The Morgan fingerprint density at radius 1 is 1.29 bits per heavy atom. The van der Waals surface area contributed by atoms with Crippen LogP contribution in [0.4, 0.5) is 0 Å². The van der Waals surface area contributed by atoms with Crippen LogP contribution in [-0.4, -0.2) is 12.9 Å². The maximum Gasteiger partial charge on any atom is 0.171 e. The number of nitrogens with zero attached hydrogens (tertiary/aromatic N) is 1. The summed E-state index contributed by atoms with van der Waals surface area (Å²) in [6.45, 7) is 4.09. The van der Waals surface area contributed by atoms with Crippen molar-refractivity contribution in [2.24, 2.45) is 5.41 Å². The molecule has 1 aliphatic heterocycles. The van der Waals surface area contributed by atoms with Crippen molar-refractivity contribution in [1.82, 2.24) is 0 Å². The molecule has 0 radical (unpaired) electrons. The largest absolute Gasteiger partial charge is 0.497 e. The Morgan fingerprint density at radius 2 is 1.96 bits per heavy atom. The molecule has 0 fully saturated rings. The number of rotatable bonds is 2. The zero-order valence-electron chi connectivity index (χ0n) is 13.9. The van der Waals surface area contributed by atoms with Crippen molar-refractivity contribution in [1.29, 1.82) is 5.26 Å². The monoisotopic (exact) mass is 341 g/mol. The van der Waals surface area contributed by atoms with E-state index in [-0.39, 0.29) is 16.3 Å². The molecule has 1 aliphatic carbocycles. The van der Waals surface area contributed by atoms with Crippen LogP contribution in [-0.2, 0) is 9.53 Å². The number of methoxy groups -OCH3 is 1. The number of ether oxygens (including phenoxy) is 2. The van der Waals surface area contributed by atoms with Gasteiger partial charge in [0.1, 0.15) is 17.6 Å². The van der Waals surface area contributed by atoms with E-state index in [1.54, 1.807) is 7.11 Å². The summed E-state index contributed by atoms with van der Waals surface area (Å²) in [5.74, 6) is 0.974. The van der Waals surface area contributed by atoms with E-state index in [0.717, 1.165) is 11.3 Å². The van der Waals surface area contributed by atoms with E-state index in [1.165, 1.54) is 0 Å².